The summed E-state index contributed by atoms with van der Waals surface area (Å²) in [5, 5.41) is 22.2. The maximum atomic E-state index is 12.4. The van der Waals surface area contributed by atoms with E-state index >= 15 is 0 Å². The molecule has 0 unspecified atom stereocenters. The van der Waals surface area contributed by atoms with Gasteiger partial charge in [-0.25, -0.2) is 0 Å². The molecule has 0 aliphatic carbocycles. The molecule has 3 N–H and O–H groups in total. The summed E-state index contributed by atoms with van der Waals surface area (Å²) in [4.78, 5) is 13.9. The predicted octanol–water partition coefficient (Wildman–Crippen LogP) is -0.332. The van der Waals surface area contributed by atoms with Crippen LogP contribution in [-0.2, 0) is 0 Å². The van der Waals surface area contributed by atoms with Gasteiger partial charge >= 0.3 is 0 Å². The van der Waals surface area contributed by atoms with Crippen LogP contribution in [0.3, 0.4) is 0 Å². The fourth-order valence-electron chi connectivity index (χ4n) is 2.44. The van der Waals surface area contributed by atoms with E-state index in [1.54, 1.807) is 12.1 Å². The number of fused-ring (bicyclic) bond motifs is 1. The third kappa shape index (κ3) is 2.13. The van der Waals surface area contributed by atoms with E-state index in [9.17, 15) is 15.0 Å². The Morgan fingerprint density at radius 2 is 2.05 bits per heavy atom. The van der Waals surface area contributed by atoms with Crippen LogP contribution in [0.1, 0.15) is 10.4 Å². The van der Waals surface area contributed by atoms with Crippen LogP contribution in [0.15, 0.2) is 18.2 Å². The first-order chi connectivity index (χ1) is 9.16. The van der Waals surface area contributed by atoms with Gasteiger partial charge in [-0.1, -0.05) is 6.07 Å². The number of rotatable bonds is 1. The van der Waals surface area contributed by atoms with Crippen molar-refractivity contribution in [1.82, 2.24) is 4.90 Å². The molecule has 1 aromatic rings. The van der Waals surface area contributed by atoms with Gasteiger partial charge in [-0.2, -0.15) is 0 Å². The minimum absolute atomic E-state index is 0.150. The molecular weight excluding hydrogens is 248 g/mol. The Balaban J connectivity index is 1.88. The van der Waals surface area contributed by atoms with Gasteiger partial charge in [0, 0.05) is 19.6 Å². The monoisotopic (exact) mass is 264 g/mol. The van der Waals surface area contributed by atoms with Crippen LogP contribution in [0.5, 0.6) is 5.75 Å². The summed E-state index contributed by atoms with van der Waals surface area (Å²) in [5.41, 5.74) is 1.27. The molecule has 0 saturated carbocycles. The first-order valence-electron chi connectivity index (χ1n) is 6.32. The van der Waals surface area contributed by atoms with Crippen LogP contribution in [-0.4, -0.2) is 59.5 Å². The Hall–Kier alpha value is -1.79. The second-order valence-corrected chi connectivity index (χ2v) is 4.80. The third-order valence-corrected chi connectivity index (χ3v) is 3.46. The van der Waals surface area contributed by atoms with Crippen molar-refractivity contribution in [1.29, 1.82) is 0 Å². The largest absolute Gasteiger partial charge is 0.489 e. The zero-order valence-electron chi connectivity index (χ0n) is 10.4. The summed E-state index contributed by atoms with van der Waals surface area (Å²) in [5.74, 6) is 0.325. The maximum absolute atomic E-state index is 12.4. The molecule has 1 fully saturated rings. The zero-order chi connectivity index (χ0) is 13.4. The molecule has 0 bridgehead atoms. The highest BCUT2D eigenvalue weighted by Crippen LogP contribution is 2.32. The minimum Gasteiger partial charge on any atom is -0.489 e. The summed E-state index contributed by atoms with van der Waals surface area (Å²) < 4.78 is 5.55. The summed E-state index contributed by atoms with van der Waals surface area (Å²) >= 11 is 0. The lowest BCUT2D eigenvalue weighted by molar-refractivity contribution is 0.0572. The molecule has 6 heteroatoms. The number of amides is 1. The van der Waals surface area contributed by atoms with Crippen molar-refractivity contribution in [3.8, 4) is 5.75 Å². The molecular formula is C13H16N2O4. The fraction of sp³-hybridized carbons (Fsp3) is 0.462. The van der Waals surface area contributed by atoms with Crippen LogP contribution in [0.4, 0.5) is 5.69 Å². The highest BCUT2D eigenvalue weighted by Gasteiger charge is 2.34. The molecule has 1 aromatic carbocycles. The van der Waals surface area contributed by atoms with Crippen LogP contribution >= 0.6 is 0 Å². The summed E-state index contributed by atoms with van der Waals surface area (Å²) in [6, 6.07) is 5.35. The second kappa shape index (κ2) is 4.71. The standard InChI is InChI=1S/C13H16N2O4/c16-10-6-15(7-11(10)17)13(18)8-2-1-3-9-12(8)19-5-4-14-9/h1-3,10-11,14,16-17H,4-7H2/t10-,11+. The van der Waals surface area contributed by atoms with Crippen molar-refractivity contribution in [2.45, 2.75) is 12.2 Å². The van der Waals surface area contributed by atoms with Crippen molar-refractivity contribution in [2.75, 3.05) is 31.6 Å². The smallest absolute Gasteiger partial charge is 0.257 e. The van der Waals surface area contributed by atoms with Crippen molar-refractivity contribution < 1.29 is 19.7 Å². The molecule has 0 aromatic heterocycles. The lowest BCUT2D eigenvalue weighted by Gasteiger charge is -2.23. The average molecular weight is 264 g/mol. The average Bonchev–Trinajstić information content (AvgIpc) is 2.77. The molecule has 19 heavy (non-hydrogen) atoms. The van der Waals surface area contributed by atoms with E-state index in [-0.39, 0.29) is 19.0 Å². The van der Waals surface area contributed by atoms with Gasteiger partial charge in [0.25, 0.3) is 5.91 Å². The Morgan fingerprint density at radius 3 is 2.79 bits per heavy atom. The van der Waals surface area contributed by atoms with E-state index in [4.69, 9.17) is 4.74 Å². The van der Waals surface area contributed by atoms with Crippen molar-refractivity contribution >= 4 is 11.6 Å². The second-order valence-electron chi connectivity index (χ2n) is 4.80. The van der Waals surface area contributed by atoms with Gasteiger partial charge in [0.15, 0.2) is 5.75 Å². The first-order valence-corrected chi connectivity index (χ1v) is 6.32. The van der Waals surface area contributed by atoms with Crippen LogP contribution < -0.4 is 10.1 Å². The number of aliphatic hydroxyl groups is 2. The van der Waals surface area contributed by atoms with Gasteiger partial charge < -0.3 is 25.2 Å². The van der Waals surface area contributed by atoms with E-state index in [0.29, 0.717) is 24.5 Å². The number of benzene rings is 1. The number of carbonyl (C=O) groups excluding carboxylic acids is 1. The number of β-amino-alcohol motifs (C(OH)–C–C–N with tert-alkyl or cyclic N) is 2. The number of hydrogen-bond donors (Lipinski definition) is 3. The molecule has 0 spiro atoms. The number of likely N-dealkylation sites (tertiary alicyclic amines) is 1. The van der Waals surface area contributed by atoms with Crippen LogP contribution in [0, 0.1) is 0 Å². The van der Waals surface area contributed by atoms with Crippen molar-refractivity contribution in [3.63, 3.8) is 0 Å². The summed E-state index contributed by atoms with van der Waals surface area (Å²) in [6.45, 7) is 1.53. The molecule has 2 atom stereocenters. The van der Waals surface area contributed by atoms with E-state index < -0.39 is 12.2 Å². The number of hydrogen-bond acceptors (Lipinski definition) is 5. The van der Waals surface area contributed by atoms with E-state index in [1.165, 1.54) is 4.90 Å². The molecule has 102 valence electrons. The van der Waals surface area contributed by atoms with Gasteiger partial charge in [0.2, 0.25) is 0 Å². The Labute approximate surface area is 110 Å². The molecule has 1 amide bonds. The minimum atomic E-state index is -0.873. The molecule has 6 nitrogen and oxygen atoms in total. The highest BCUT2D eigenvalue weighted by atomic mass is 16.5. The Morgan fingerprint density at radius 1 is 1.32 bits per heavy atom. The Bertz CT molecular complexity index is 495. The molecule has 1 saturated heterocycles. The van der Waals surface area contributed by atoms with E-state index in [2.05, 4.69) is 5.32 Å². The number of nitrogens with one attached hydrogen (secondary N) is 1. The maximum Gasteiger partial charge on any atom is 0.257 e. The third-order valence-electron chi connectivity index (χ3n) is 3.46. The highest BCUT2D eigenvalue weighted by molar-refractivity contribution is 5.99. The SMILES string of the molecule is O=C(c1cccc2c1OCCN2)N1C[C@@H](O)[C@@H](O)C1. The number of anilines is 1. The molecule has 2 heterocycles. The molecule has 2 aliphatic rings. The van der Waals surface area contributed by atoms with Gasteiger partial charge in [0.05, 0.1) is 23.5 Å². The Kier molecular flexibility index (Phi) is 3.04. The van der Waals surface area contributed by atoms with Crippen LogP contribution in [0.25, 0.3) is 0 Å². The van der Waals surface area contributed by atoms with Crippen molar-refractivity contribution in [3.05, 3.63) is 23.8 Å². The number of nitrogens with zero attached hydrogens (tertiary/aromatic N) is 1. The van der Waals surface area contributed by atoms with E-state index in [1.807, 2.05) is 6.07 Å². The molecule has 3 rings (SSSR count). The number of ether oxygens (including phenoxy) is 1. The van der Waals surface area contributed by atoms with Gasteiger partial charge in [-0.05, 0) is 12.1 Å². The summed E-state index contributed by atoms with van der Waals surface area (Å²) in [7, 11) is 0. The normalized spacial score (nSPS) is 25.5. The lowest BCUT2D eigenvalue weighted by atomic mass is 10.1. The quantitative estimate of drug-likeness (QED) is 0.647. The lowest BCUT2D eigenvalue weighted by Crippen LogP contribution is -2.31. The number of carbonyl (C=O) groups is 1. The molecule has 2 aliphatic heterocycles. The van der Waals surface area contributed by atoms with Crippen molar-refractivity contribution in [2.24, 2.45) is 0 Å². The van der Waals surface area contributed by atoms with Gasteiger partial charge in [-0.15, -0.1) is 0 Å². The van der Waals surface area contributed by atoms with Gasteiger partial charge in [0.1, 0.15) is 6.61 Å². The van der Waals surface area contributed by atoms with Gasteiger partial charge in [-0.3, -0.25) is 4.79 Å². The van der Waals surface area contributed by atoms with E-state index in [0.717, 1.165) is 5.69 Å². The fourth-order valence-corrected chi connectivity index (χ4v) is 2.44. The topological polar surface area (TPSA) is 82.0 Å². The zero-order valence-corrected chi connectivity index (χ0v) is 10.4. The predicted molar refractivity (Wildman–Crippen MR) is 68.3 cm³/mol. The number of para-hydroxylation sites is 1. The summed E-state index contributed by atoms with van der Waals surface area (Å²) in [6.07, 6.45) is -1.75. The first kappa shape index (κ1) is 12.3. The number of aliphatic hydroxyl groups excluding tert-OH is 2. The molecule has 0 radical (unpaired) electrons. The van der Waals surface area contributed by atoms with Crippen LogP contribution in [0.2, 0.25) is 0 Å².